The average molecular weight is 565 g/mol. The Hall–Kier alpha value is -4.71. The zero-order valence-electron chi connectivity index (χ0n) is 23.2. The summed E-state index contributed by atoms with van der Waals surface area (Å²) in [5.74, 6) is 0. The Kier molecular flexibility index (Phi) is 6.13. The van der Waals surface area contributed by atoms with Crippen molar-refractivity contribution in [1.82, 2.24) is 4.31 Å². The Morgan fingerprint density at radius 3 is 1.40 bits per heavy atom. The van der Waals surface area contributed by atoms with Gasteiger partial charge in [0.2, 0.25) is 0 Å². The first-order chi connectivity index (χ1) is 20.9. The molecule has 3 aliphatic rings. The molecule has 1 saturated heterocycles. The number of para-hydroxylation sites is 5. The van der Waals surface area contributed by atoms with Crippen molar-refractivity contribution in [3.8, 4) is 0 Å². The van der Waals surface area contributed by atoms with Crippen LogP contribution in [-0.4, -0.2) is 16.4 Å². The third-order valence-electron chi connectivity index (χ3n) is 8.24. The van der Waals surface area contributed by atoms with Crippen LogP contribution < -0.4 is 12.9 Å². The number of hydrogen-bond donors (Lipinski definition) is 0. The van der Waals surface area contributed by atoms with Gasteiger partial charge in [-0.3, -0.25) is 12.9 Å². The van der Waals surface area contributed by atoms with Gasteiger partial charge < -0.3 is 0 Å². The molecule has 0 N–H and O–H groups in total. The van der Waals surface area contributed by atoms with Gasteiger partial charge in [-0.1, -0.05) is 121 Å². The highest BCUT2D eigenvalue weighted by molar-refractivity contribution is 8.36. The molecule has 0 saturated carbocycles. The van der Waals surface area contributed by atoms with Gasteiger partial charge in [-0.05, 0) is 54.1 Å². The monoisotopic (exact) mass is 564 g/mol. The summed E-state index contributed by atoms with van der Waals surface area (Å²) >= 11 is 0. The highest BCUT2D eigenvalue weighted by atomic mass is 32.3. The van der Waals surface area contributed by atoms with Gasteiger partial charge in [0.05, 0.1) is 51.3 Å². The molecular weight excluding hydrogens is 533 g/mol. The van der Waals surface area contributed by atoms with Gasteiger partial charge >= 0.3 is 0 Å². The maximum Gasteiger partial charge on any atom is 0.0818 e. The van der Waals surface area contributed by atoms with E-state index in [-0.39, 0.29) is 12.1 Å². The fourth-order valence-corrected chi connectivity index (χ4v) is 11.2. The van der Waals surface area contributed by atoms with Gasteiger partial charge in [0.25, 0.3) is 0 Å². The molecule has 5 heteroatoms. The van der Waals surface area contributed by atoms with Crippen molar-refractivity contribution < 1.29 is 0 Å². The second kappa shape index (κ2) is 10.3. The van der Waals surface area contributed by atoms with Gasteiger partial charge in [0.15, 0.2) is 0 Å². The first-order valence-corrected chi connectivity index (χ1v) is 16.0. The van der Waals surface area contributed by atoms with E-state index in [2.05, 4.69) is 187 Å². The molecule has 0 aromatic heterocycles. The van der Waals surface area contributed by atoms with Gasteiger partial charge in [-0.15, -0.1) is 0 Å². The Balaban J connectivity index is 1.50. The molecule has 2 unspecified atom stereocenters. The summed E-state index contributed by atoms with van der Waals surface area (Å²) in [6.07, 6.45) is 9.24. The zero-order valence-corrected chi connectivity index (χ0v) is 24.0. The molecule has 2 atom stereocenters. The van der Waals surface area contributed by atoms with E-state index in [4.69, 9.17) is 0 Å². The summed E-state index contributed by atoms with van der Waals surface area (Å²) in [4.78, 5) is 0. The Labute approximate surface area is 249 Å². The van der Waals surface area contributed by atoms with Crippen molar-refractivity contribution in [2.24, 2.45) is 0 Å². The maximum atomic E-state index is 2.78. The fourth-order valence-electron chi connectivity index (χ4n) is 6.58. The number of hydrogen-bond acceptors (Lipinski definition) is 4. The molecule has 42 heavy (non-hydrogen) atoms. The molecule has 206 valence electrons. The number of allylic oxidation sites excluding steroid dienone is 2. The van der Waals surface area contributed by atoms with Gasteiger partial charge in [0.1, 0.15) is 0 Å². The summed E-state index contributed by atoms with van der Waals surface area (Å²) in [6, 6.07) is 53.1. The van der Waals surface area contributed by atoms with Crippen LogP contribution in [0.1, 0.15) is 5.56 Å². The van der Waals surface area contributed by atoms with Crippen LogP contribution in [0, 0.1) is 0 Å². The highest BCUT2D eigenvalue weighted by Gasteiger charge is 2.63. The molecule has 1 spiro atoms. The van der Waals surface area contributed by atoms with Crippen molar-refractivity contribution in [2.75, 3.05) is 12.9 Å². The van der Waals surface area contributed by atoms with Crippen molar-refractivity contribution in [3.63, 3.8) is 0 Å². The predicted octanol–water partition coefficient (Wildman–Crippen LogP) is 9.33. The molecular formula is C37H32N4S. The van der Waals surface area contributed by atoms with Crippen molar-refractivity contribution in [3.05, 3.63) is 175 Å². The summed E-state index contributed by atoms with van der Waals surface area (Å²) in [5, 5.41) is 0. The molecule has 5 aromatic rings. The fraction of sp³-hybridized carbons (Fsp3) is 0.0811. The first kappa shape index (κ1) is 25.0. The van der Waals surface area contributed by atoms with Crippen molar-refractivity contribution >= 4 is 39.2 Å². The smallest absolute Gasteiger partial charge is 0.0818 e. The number of nitrogens with zero attached hydrogens (tertiary/aromatic N) is 4. The summed E-state index contributed by atoms with van der Waals surface area (Å²) < 4.78 is 10.8. The minimum atomic E-state index is -2.16. The van der Waals surface area contributed by atoms with E-state index in [1.165, 1.54) is 34.0 Å². The van der Waals surface area contributed by atoms with E-state index in [0.29, 0.717) is 0 Å². The molecule has 1 fully saturated rings. The average Bonchev–Trinajstić information content (AvgIpc) is 3.52. The van der Waals surface area contributed by atoms with Crippen LogP contribution in [0.25, 0.3) is 0 Å². The lowest BCUT2D eigenvalue weighted by atomic mass is 10.0. The van der Waals surface area contributed by atoms with Crippen molar-refractivity contribution in [1.29, 1.82) is 0 Å². The maximum absolute atomic E-state index is 2.78. The lowest BCUT2D eigenvalue weighted by molar-refractivity contribution is 0.396. The summed E-state index contributed by atoms with van der Waals surface area (Å²) in [5.41, 5.74) is 7.32. The Morgan fingerprint density at radius 2 is 0.881 bits per heavy atom. The van der Waals surface area contributed by atoms with Crippen LogP contribution in [-0.2, 0) is 6.54 Å². The van der Waals surface area contributed by atoms with Crippen LogP contribution in [0.5, 0.6) is 0 Å². The minimum Gasteiger partial charge on any atom is -0.282 e. The molecule has 8 rings (SSSR count). The number of fused-ring (bicyclic) bond motifs is 2. The van der Waals surface area contributed by atoms with Crippen LogP contribution in [0.4, 0.5) is 28.4 Å². The predicted molar refractivity (Wildman–Crippen MR) is 178 cm³/mol. The van der Waals surface area contributed by atoms with Crippen LogP contribution in [0.15, 0.2) is 170 Å². The second-order valence-corrected chi connectivity index (χ2v) is 13.3. The summed E-state index contributed by atoms with van der Waals surface area (Å²) in [6.45, 7) is 0.805. The molecule has 2 heterocycles. The van der Waals surface area contributed by atoms with E-state index in [1.807, 2.05) is 0 Å². The minimum absolute atomic E-state index is 0.142. The van der Waals surface area contributed by atoms with Crippen LogP contribution >= 0.6 is 10.8 Å². The molecule has 0 amide bonds. The topological polar surface area (TPSA) is 13.0 Å². The third kappa shape index (κ3) is 3.74. The molecule has 2 aliphatic heterocycles. The molecule has 5 aromatic carbocycles. The van der Waals surface area contributed by atoms with E-state index in [1.54, 1.807) is 0 Å². The quantitative estimate of drug-likeness (QED) is 0.211. The summed E-state index contributed by atoms with van der Waals surface area (Å²) in [7, 11) is -2.16. The largest absolute Gasteiger partial charge is 0.282 e. The normalized spacial score (nSPS) is 21.0. The molecule has 0 radical (unpaired) electrons. The lowest BCUT2D eigenvalue weighted by Crippen LogP contribution is -2.47. The highest BCUT2D eigenvalue weighted by Crippen LogP contribution is 2.78. The number of anilines is 5. The van der Waals surface area contributed by atoms with Crippen LogP contribution in [0.3, 0.4) is 0 Å². The number of rotatable bonds is 5. The Bertz CT molecular complexity index is 1670. The molecule has 4 nitrogen and oxygen atoms in total. The van der Waals surface area contributed by atoms with E-state index in [9.17, 15) is 0 Å². The first-order valence-electron chi connectivity index (χ1n) is 14.5. The number of benzene rings is 5. The van der Waals surface area contributed by atoms with E-state index in [0.717, 1.165) is 6.54 Å². The second-order valence-electron chi connectivity index (χ2n) is 10.7. The Morgan fingerprint density at radius 1 is 0.452 bits per heavy atom. The SMILES string of the molecule is C1=CC2C(C=C1)N(c1ccccc1)S1(N(c3ccccc3)c3ccccc3N1c1ccccc1)N2Cc1ccccc1. The van der Waals surface area contributed by atoms with E-state index >= 15 is 0 Å². The molecule has 1 aliphatic carbocycles. The van der Waals surface area contributed by atoms with Gasteiger partial charge in [0, 0.05) is 6.54 Å². The van der Waals surface area contributed by atoms with Gasteiger partial charge in [-0.25, -0.2) is 4.31 Å². The van der Waals surface area contributed by atoms with E-state index < -0.39 is 10.8 Å². The third-order valence-corrected chi connectivity index (χ3v) is 12.0. The standard InChI is InChI=1S/C37H32N4S/c1-5-17-30(18-6-1)29-38-34-25-13-14-26-35(34)39(31-19-7-2-8-20-31)42(38)40(32-21-9-3-10-22-32)36-27-15-16-28-37(36)41(42)33-23-11-4-12-24-33/h1-28,34-35H,29H2. The zero-order chi connectivity index (χ0) is 27.9. The van der Waals surface area contributed by atoms with Crippen LogP contribution in [0.2, 0.25) is 0 Å². The lowest BCUT2D eigenvalue weighted by Gasteiger charge is -2.57. The van der Waals surface area contributed by atoms with Gasteiger partial charge in [-0.2, -0.15) is 0 Å². The molecule has 0 bridgehead atoms. The van der Waals surface area contributed by atoms with Crippen molar-refractivity contribution in [2.45, 2.75) is 18.6 Å².